The van der Waals surface area contributed by atoms with Gasteiger partial charge in [-0.3, -0.25) is 10.00 Å². The van der Waals surface area contributed by atoms with Crippen LogP contribution in [0, 0.1) is 0 Å². The molecule has 2 aromatic rings. The fourth-order valence-corrected chi connectivity index (χ4v) is 1.86. The number of phenolic OH excluding ortho intramolecular Hbond substituents is 1. The number of phenols is 1. The van der Waals surface area contributed by atoms with Crippen LogP contribution < -0.4 is 11.1 Å². The van der Waals surface area contributed by atoms with Crippen LogP contribution in [0.3, 0.4) is 0 Å². The number of aryl methyl sites for hydroxylation is 1. The summed E-state index contributed by atoms with van der Waals surface area (Å²) in [4.78, 5) is 11.7. The van der Waals surface area contributed by atoms with Gasteiger partial charge in [-0.05, 0) is 32.9 Å². The number of carbonyl (C=O) groups is 1. The molecular weight excluding hydrogens is 284 g/mol. The summed E-state index contributed by atoms with van der Waals surface area (Å²) in [5.41, 5.74) is 6.66. The van der Waals surface area contributed by atoms with E-state index in [2.05, 4.69) is 10.4 Å². The van der Waals surface area contributed by atoms with Crippen molar-refractivity contribution in [3.8, 4) is 17.0 Å². The van der Waals surface area contributed by atoms with Gasteiger partial charge in [0, 0.05) is 30.4 Å². The number of nitrogen functional groups attached to an aromatic ring is 1. The van der Waals surface area contributed by atoms with Gasteiger partial charge in [-0.15, -0.1) is 0 Å². The van der Waals surface area contributed by atoms with Crippen LogP contribution in [0.15, 0.2) is 24.3 Å². The summed E-state index contributed by atoms with van der Waals surface area (Å²) in [5, 5.41) is 16.9. The van der Waals surface area contributed by atoms with E-state index in [1.54, 1.807) is 46.0 Å². The van der Waals surface area contributed by atoms with Crippen molar-refractivity contribution in [1.29, 1.82) is 0 Å². The maximum Gasteiger partial charge on any atom is 0.412 e. The van der Waals surface area contributed by atoms with Crippen molar-refractivity contribution < 1.29 is 14.6 Å². The molecule has 0 atom stereocenters. The van der Waals surface area contributed by atoms with E-state index in [1.807, 2.05) is 0 Å². The van der Waals surface area contributed by atoms with Gasteiger partial charge in [-0.25, -0.2) is 4.79 Å². The monoisotopic (exact) mass is 304 g/mol. The third kappa shape index (κ3) is 3.69. The van der Waals surface area contributed by atoms with Crippen LogP contribution in [0.2, 0.25) is 0 Å². The Bertz CT molecular complexity index is 682. The highest BCUT2D eigenvalue weighted by atomic mass is 16.6. The normalized spacial score (nSPS) is 11.3. The molecule has 1 aromatic heterocycles. The fraction of sp³-hybridized carbons (Fsp3) is 0.333. The number of nitrogens with zero attached hydrogens (tertiary/aromatic N) is 2. The molecule has 0 aliphatic carbocycles. The molecule has 7 nitrogen and oxygen atoms in total. The van der Waals surface area contributed by atoms with Crippen LogP contribution in [-0.4, -0.2) is 26.6 Å². The number of benzene rings is 1. The lowest BCUT2D eigenvalue weighted by atomic mass is 10.1. The Hall–Kier alpha value is -2.70. The van der Waals surface area contributed by atoms with Crippen molar-refractivity contribution in [2.45, 2.75) is 26.4 Å². The molecule has 2 rings (SSSR count). The Morgan fingerprint density at radius 2 is 2.05 bits per heavy atom. The van der Waals surface area contributed by atoms with Gasteiger partial charge in [-0.1, -0.05) is 0 Å². The van der Waals surface area contributed by atoms with Crippen molar-refractivity contribution in [2.75, 3.05) is 11.1 Å². The van der Waals surface area contributed by atoms with E-state index < -0.39 is 11.7 Å². The second-order valence-electron chi connectivity index (χ2n) is 5.94. The van der Waals surface area contributed by atoms with E-state index in [1.165, 1.54) is 10.7 Å². The van der Waals surface area contributed by atoms with Crippen LogP contribution in [-0.2, 0) is 11.8 Å². The first kappa shape index (κ1) is 15.7. The molecule has 1 amide bonds. The number of carbonyl (C=O) groups excluding carboxylic acids is 1. The zero-order valence-electron chi connectivity index (χ0n) is 13.0. The summed E-state index contributed by atoms with van der Waals surface area (Å²) in [7, 11) is 1.72. The summed E-state index contributed by atoms with van der Waals surface area (Å²) in [6.07, 6.45) is -0.582. The number of ether oxygens (including phenoxy) is 1. The van der Waals surface area contributed by atoms with Crippen molar-refractivity contribution in [3.05, 3.63) is 24.3 Å². The molecule has 0 saturated heterocycles. The molecule has 0 radical (unpaired) electrons. The zero-order chi connectivity index (χ0) is 16.5. The van der Waals surface area contributed by atoms with Crippen molar-refractivity contribution in [2.24, 2.45) is 7.05 Å². The van der Waals surface area contributed by atoms with Crippen LogP contribution in [0.1, 0.15) is 20.8 Å². The van der Waals surface area contributed by atoms with Crippen LogP contribution in [0.4, 0.5) is 16.3 Å². The standard InChI is InChI=1S/C15H20N4O3/c1-15(2,3)22-14(21)17-9-5-6-10(12(20)7-9)11-8-13(16)19(4)18-11/h5-8,20H,16H2,1-4H3,(H,17,21). The van der Waals surface area contributed by atoms with Crippen LogP contribution in [0.5, 0.6) is 5.75 Å². The number of hydrogen-bond donors (Lipinski definition) is 3. The van der Waals surface area contributed by atoms with Gasteiger partial charge >= 0.3 is 6.09 Å². The molecule has 0 aliphatic rings. The topological polar surface area (TPSA) is 102 Å². The van der Waals surface area contributed by atoms with Gasteiger partial charge in [0.05, 0.1) is 5.69 Å². The highest BCUT2D eigenvalue weighted by molar-refractivity contribution is 5.86. The molecule has 22 heavy (non-hydrogen) atoms. The number of amides is 1. The number of nitrogens with two attached hydrogens (primary N) is 1. The van der Waals surface area contributed by atoms with Gasteiger partial charge in [0.1, 0.15) is 17.2 Å². The lowest BCUT2D eigenvalue weighted by molar-refractivity contribution is 0.0636. The molecule has 0 aliphatic heterocycles. The molecule has 0 bridgehead atoms. The summed E-state index contributed by atoms with van der Waals surface area (Å²) < 4.78 is 6.67. The second-order valence-corrected chi connectivity index (χ2v) is 5.94. The van der Waals surface area contributed by atoms with Gasteiger partial charge in [0.15, 0.2) is 0 Å². The number of rotatable bonds is 2. The van der Waals surface area contributed by atoms with Crippen LogP contribution in [0.25, 0.3) is 11.3 Å². The van der Waals surface area contributed by atoms with Crippen molar-refractivity contribution in [3.63, 3.8) is 0 Å². The third-order valence-corrected chi connectivity index (χ3v) is 2.83. The highest BCUT2D eigenvalue weighted by Gasteiger charge is 2.17. The van der Waals surface area contributed by atoms with Gasteiger partial charge in [-0.2, -0.15) is 5.10 Å². The summed E-state index contributed by atoms with van der Waals surface area (Å²) >= 11 is 0. The van der Waals surface area contributed by atoms with E-state index >= 15 is 0 Å². The van der Waals surface area contributed by atoms with E-state index in [-0.39, 0.29) is 5.75 Å². The first-order valence-corrected chi connectivity index (χ1v) is 6.78. The highest BCUT2D eigenvalue weighted by Crippen LogP contribution is 2.31. The number of aromatic hydroxyl groups is 1. The van der Waals surface area contributed by atoms with Gasteiger partial charge in [0.25, 0.3) is 0 Å². The first-order chi connectivity index (χ1) is 10.2. The Balaban J connectivity index is 2.18. The molecule has 0 fully saturated rings. The number of aromatic nitrogens is 2. The largest absolute Gasteiger partial charge is 0.507 e. The molecule has 1 aromatic carbocycles. The van der Waals surface area contributed by atoms with E-state index in [4.69, 9.17) is 10.5 Å². The molecule has 0 unspecified atom stereocenters. The van der Waals surface area contributed by atoms with E-state index in [0.29, 0.717) is 22.8 Å². The number of hydrogen-bond acceptors (Lipinski definition) is 5. The summed E-state index contributed by atoms with van der Waals surface area (Å²) in [6, 6.07) is 6.41. The Labute approximate surface area is 128 Å². The maximum absolute atomic E-state index is 11.7. The molecule has 4 N–H and O–H groups in total. The second kappa shape index (κ2) is 5.59. The molecule has 0 saturated carbocycles. The molecule has 0 spiro atoms. The molecular formula is C15H20N4O3. The minimum Gasteiger partial charge on any atom is -0.507 e. The zero-order valence-corrected chi connectivity index (χ0v) is 13.0. The SMILES string of the molecule is Cn1nc(-c2ccc(NC(=O)OC(C)(C)C)cc2O)cc1N. The first-order valence-electron chi connectivity index (χ1n) is 6.78. The quantitative estimate of drug-likeness (QED) is 0.791. The lowest BCUT2D eigenvalue weighted by Crippen LogP contribution is -2.27. The molecule has 7 heteroatoms. The predicted octanol–water partition coefficient (Wildman–Crippen LogP) is 2.72. The predicted molar refractivity (Wildman–Crippen MR) is 84.6 cm³/mol. The molecule has 118 valence electrons. The minimum absolute atomic E-state index is 0.00772. The Kier molecular flexibility index (Phi) is 3.99. The Morgan fingerprint density at radius 3 is 2.55 bits per heavy atom. The molecule has 1 heterocycles. The van der Waals surface area contributed by atoms with Crippen LogP contribution >= 0.6 is 0 Å². The average molecular weight is 304 g/mol. The number of anilines is 2. The third-order valence-electron chi connectivity index (χ3n) is 2.83. The average Bonchev–Trinajstić information content (AvgIpc) is 2.66. The van der Waals surface area contributed by atoms with Gasteiger partial charge in [0.2, 0.25) is 0 Å². The fourth-order valence-electron chi connectivity index (χ4n) is 1.86. The lowest BCUT2D eigenvalue weighted by Gasteiger charge is -2.19. The Morgan fingerprint density at radius 1 is 1.36 bits per heavy atom. The van der Waals surface area contributed by atoms with E-state index in [9.17, 15) is 9.90 Å². The minimum atomic E-state index is -0.586. The number of nitrogens with one attached hydrogen (secondary N) is 1. The van der Waals surface area contributed by atoms with Crippen molar-refractivity contribution in [1.82, 2.24) is 9.78 Å². The smallest absolute Gasteiger partial charge is 0.412 e. The summed E-state index contributed by atoms with van der Waals surface area (Å²) in [5.74, 6) is 0.483. The van der Waals surface area contributed by atoms with Gasteiger partial charge < -0.3 is 15.6 Å². The van der Waals surface area contributed by atoms with Crippen molar-refractivity contribution >= 4 is 17.6 Å². The maximum atomic E-state index is 11.7. The van der Waals surface area contributed by atoms with E-state index in [0.717, 1.165) is 0 Å². The summed E-state index contributed by atoms with van der Waals surface area (Å²) in [6.45, 7) is 5.33.